The van der Waals surface area contributed by atoms with Gasteiger partial charge in [-0.25, -0.2) is 0 Å². The summed E-state index contributed by atoms with van der Waals surface area (Å²) in [5, 5.41) is 2.29. The van der Waals surface area contributed by atoms with Crippen molar-refractivity contribution >= 4 is 45.0 Å². The molecule has 28 heavy (non-hydrogen) atoms. The maximum Gasteiger partial charge on any atom is 0.310 e. The molecule has 2 aromatic heterocycles. The third kappa shape index (κ3) is 3.08. The molecule has 6 nitrogen and oxygen atoms in total. The van der Waals surface area contributed by atoms with Gasteiger partial charge in [0.2, 0.25) is 5.78 Å². The lowest BCUT2D eigenvalue weighted by Gasteiger charge is -2.05. The average molecular weight is 395 g/mol. The van der Waals surface area contributed by atoms with Crippen LogP contribution in [-0.4, -0.2) is 28.8 Å². The number of aromatic amines is 2. The number of carbonyl (C=O) groups excluding carboxylic acids is 2. The summed E-state index contributed by atoms with van der Waals surface area (Å²) in [6.45, 7) is 0. The summed E-state index contributed by atoms with van der Waals surface area (Å²) in [4.78, 5) is 43.1. The van der Waals surface area contributed by atoms with E-state index in [-0.39, 0.29) is 23.4 Å². The second-order valence-corrected chi connectivity index (χ2v) is 6.79. The lowest BCUT2D eigenvalue weighted by atomic mass is 10.0. The molecule has 0 amide bonds. The van der Waals surface area contributed by atoms with Crippen LogP contribution in [-0.2, 0) is 16.0 Å². The van der Waals surface area contributed by atoms with Crippen LogP contribution in [0.15, 0.2) is 53.3 Å². The van der Waals surface area contributed by atoms with E-state index in [1.165, 1.54) is 7.11 Å². The number of ether oxygens (including phenoxy) is 1. The van der Waals surface area contributed by atoms with Crippen molar-refractivity contribution in [1.82, 2.24) is 9.97 Å². The summed E-state index contributed by atoms with van der Waals surface area (Å²) >= 11 is 6.09. The summed E-state index contributed by atoms with van der Waals surface area (Å²) in [6, 6.07) is 13.7. The molecule has 2 heterocycles. The van der Waals surface area contributed by atoms with E-state index >= 15 is 0 Å². The Balaban J connectivity index is 1.90. The summed E-state index contributed by atoms with van der Waals surface area (Å²) in [5.74, 6) is -0.906. The zero-order valence-corrected chi connectivity index (χ0v) is 15.6. The molecule has 4 aromatic rings. The van der Waals surface area contributed by atoms with Crippen molar-refractivity contribution in [3.8, 4) is 0 Å². The maximum atomic E-state index is 13.2. The smallest absolute Gasteiger partial charge is 0.310 e. The van der Waals surface area contributed by atoms with Gasteiger partial charge < -0.3 is 14.7 Å². The molecule has 140 valence electrons. The van der Waals surface area contributed by atoms with Crippen LogP contribution in [0.3, 0.4) is 0 Å². The lowest BCUT2D eigenvalue weighted by Crippen LogP contribution is -2.16. The molecule has 0 unspecified atom stereocenters. The maximum absolute atomic E-state index is 13.2. The van der Waals surface area contributed by atoms with Gasteiger partial charge >= 0.3 is 5.97 Å². The fourth-order valence-corrected chi connectivity index (χ4v) is 3.45. The van der Waals surface area contributed by atoms with Gasteiger partial charge in [0.05, 0.1) is 24.9 Å². The predicted octanol–water partition coefficient (Wildman–Crippen LogP) is 3.61. The fourth-order valence-electron chi connectivity index (χ4n) is 3.28. The lowest BCUT2D eigenvalue weighted by molar-refractivity contribution is -0.139. The first kappa shape index (κ1) is 18.0. The van der Waals surface area contributed by atoms with Crippen LogP contribution in [0.2, 0.25) is 5.02 Å². The van der Waals surface area contributed by atoms with E-state index in [1.807, 2.05) is 0 Å². The first-order chi connectivity index (χ1) is 13.5. The number of carbonyl (C=O) groups is 2. The summed E-state index contributed by atoms with van der Waals surface area (Å²) in [7, 11) is 1.28. The van der Waals surface area contributed by atoms with Crippen molar-refractivity contribution in [3.05, 3.63) is 80.9 Å². The van der Waals surface area contributed by atoms with Crippen molar-refractivity contribution in [3.63, 3.8) is 0 Å². The minimum Gasteiger partial charge on any atom is -0.469 e. The largest absolute Gasteiger partial charge is 0.469 e. The Labute approximate surface area is 164 Å². The number of nitrogens with one attached hydrogen (secondary N) is 2. The van der Waals surface area contributed by atoms with E-state index in [2.05, 4.69) is 9.97 Å². The number of esters is 1. The highest BCUT2D eigenvalue weighted by Crippen LogP contribution is 2.28. The zero-order valence-electron chi connectivity index (χ0n) is 14.8. The second kappa shape index (κ2) is 6.98. The number of benzene rings is 2. The van der Waals surface area contributed by atoms with Gasteiger partial charge in [-0.1, -0.05) is 29.8 Å². The predicted molar refractivity (Wildman–Crippen MR) is 107 cm³/mol. The average Bonchev–Trinajstić information content (AvgIpc) is 3.04. The van der Waals surface area contributed by atoms with Crippen molar-refractivity contribution in [2.45, 2.75) is 6.42 Å². The monoisotopic (exact) mass is 394 g/mol. The highest BCUT2D eigenvalue weighted by atomic mass is 35.5. The van der Waals surface area contributed by atoms with Gasteiger partial charge in [0, 0.05) is 26.9 Å². The van der Waals surface area contributed by atoms with Crippen LogP contribution in [0.25, 0.3) is 21.7 Å². The number of H-pyrrole nitrogens is 2. The Morgan fingerprint density at radius 2 is 1.82 bits per heavy atom. The zero-order chi connectivity index (χ0) is 19.8. The Hall–Kier alpha value is -3.38. The molecule has 0 aliphatic heterocycles. The minimum absolute atomic E-state index is 0.101. The molecule has 0 atom stereocenters. The van der Waals surface area contributed by atoms with Gasteiger partial charge in [0.25, 0.3) is 5.56 Å². The van der Waals surface area contributed by atoms with Crippen LogP contribution in [0, 0.1) is 0 Å². The quantitative estimate of drug-likeness (QED) is 0.408. The van der Waals surface area contributed by atoms with E-state index in [1.54, 1.807) is 48.5 Å². The van der Waals surface area contributed by atoms with E-state index in [9.17, 15) is 14.4 Å². The van der Waals surface area contributed by atoms with E-state index < -0.39 is 11.8 Å². The van der Waals surface area contributed by atoms with Crippen molar-refractivity contribution in [2.24, 2.45) is 0 Å². The molecule has 0 saturated heterocycles. The van der Waals surface area contributed by atoms with Gasteiger partial charge in [0.15, 0.2) is 0 Å². The van der Waals surface area contributed by atoms with Gasteiger partial charge in [-0.2, -0.15) is 0 Å². The molecule has 0 aliphatic carbocycles. The van der Waals surface area contributed by atoms with E-state index in [4.69, 9.17) is 16.3 Å². The molecule has 0 spiro atoms. The van der Waals surface area contributed by atoms with Crippen molar-refractivity contribution in [1.29, 1.82) is 0 Å². The number of halogens is 1. The Bertz CT molecular complexity index is 1300. The number of rotatable bonds is 4. The molecule has 0 saturated carbocycles. The SMILES string of the molecule is COC(=O)Cc1c(C(=O)c2cc3ccccc3c(=O)[nH]2)[nH]c2ccc(Cl)cc12. The third-order valence-corrected chi connectivity index (χ3v) is 4.88. The first-order valence-electron chi connectivity index (χ1n) is 8.51. The van der Waals surface area contributed by atoms with Crippen LogP contribution in [0.5, 0.6) is 0 Å². The summed E-state index contributed by atoms with van der Waals surface area (Å²) < 4.78 is 4.76. The topological polar surface area (TPSA) is 92.0 Å². The van der Waals surface area contributed by atoms with Gasteiger partial charge in [-0.3, -0.25) is 14.4 Å². The molecule has 2 aromatic carbocycles. The van der Waals surface area contributed by atoms with Crippen LogP contribution in [0.1, 0.15) is 21.7 Å². The Morgan fingerprint density at radius 3 is 2.61 bits per heavy atom. The van der Waals surface area contributed by atoms with Crippen LogP contribution < -0.4 is 5.56 Å². The molecule has 0 fully saturated rings. The van der Waals surface area contributed by atoms with Crippen LogP contribution in [0.4, 0.5) is 0 Å². The number of hydrogen-bond acceptors (Lipinski definition) is 4. The molecule has 0 radical (unpaired) electrons. The molecule has 4 rings (SSSR count). The van der Waals surface area contributed by atoms with Gasteiger partial charge in [-0.05, 0) is 35.7 Å². The number of aromatic nitrogens is 2. The first-order valence-corrected chi connectivity index (χ1v) is 8.89. The number of methoxy groups -OCH3 is 1. The second-order valence-electron chi connectivity index (χ2n) is 6.35. The third-order valence-electron chi connectivity index (χ3n) is 4.64. The Kier molecular flexibility index (Phi) is 4.49. The molecular formula is C21H15ClN2O4. The van der Waals surface area contributed by atoms with E-state index in [0.717, 1.165) is 0 Å². The van der Waals surface area contributed by atoms with Crippen molar-refractivity contribution < 1.29 is 14.3 Å². The molecule has 0 aliphatic rings. The Morgan fingerprint density at radius 1 is 1.04 bits per heavy atom. The normalized spacial score (nSPS) is 11.1. The summed E-state index contributed by atoms with van der Waals surface area (Å²) in [5.41, 5.74) is 1.13. The molecule has 2 N–H and O–H groups in total. The molecule has 0 bridgehead atoms. The minimum atomic E-state index is -0.484. The molecular weight excluding hydrogens is 380 g/mol. The highest BCUT2D eigenvalue weighted by Gasteiger charge is 2.22. The van der Waals surface area contributed by atoms with Crippen molar-refractivity contribution in [2.75, 3.05) is 7.11 Å². The molecule has 7 heteroatoms. The number of ketones is 1. The van der Waals surface area contributed by atoms with Gasteiger partial charge in [0.1, 0.15) is 0 Å². The van der Waals surface area contributed by atoms with Gasteiger partial charge in [-0.15, -0.1) is 0 Å². The highest BCUT2D eigenvalue weighted by molar-refractivity contribution is 6.31. The number of hydrogen-bond donors (Lipinski definition) is 2. The van der Waals surface area contributed by atoms with E-state index in [0.29, 0.717) is 32.3 Å². The van der Waals surface area contributed by atoms with Crippen LogP contribution >= 0.6 is 11.6 Å². The number of pyridine rings is 1. The summed E-state index contributed by atoms with van der Waals surface area (Å²) in [6.07, 6.45) is -0.101. The fraction of sp³-hybridized carbons (Fsp3) is 0.0952. The standard InChI is InChI=1S/C21H15ClN2O4/c1-28-18(25)10-15-14-9-12(22)6-7-16(14)23-19(15)20(26)17-8-11-4-2-3-5-13(11)21(27)24-17/h2-9,23H,10H2,1H3,(H,24,27). The number of fused-ring (bicyclic) bond motifs is 2.